The number of hydrogen-bond donors (Lipinski definition) is 2. The third-order valence-corrected chi connectivity index (χ3v) is 5.46. The number of ether oxygens (including phenoxy) is 1. The molecular formula is C16H23N3O3S. The number of likely N-dealkylation sites (N-methyl/N-ethyl adjacent to an activating group) is 1. The van der Waals surface area contributed by atoms with Crippen LogP contribution >= 0.6 is 11.3 Å². The molecule has 0 fully saturated rings. The summed E-state index contributed by atoms with van der Waals surface area (Å²) in [5.41, 5.74) is 1.17. The van der Waals surface area contributed by atoms with Crippen molar-refractivity contribution >= 4 is 21.6 Å². The smallest absolute Gasteiger partial charge is 0.259 e. The summed E-state index contributed by atoms with van der Waals surface area (Å²) >= 11 is 1.65. The van der Waals surface area contributed by atoms with E-state index in [1.807, 2.05) is 6.92 Å². The third kappa shape index (κ3) is 3.47. The summed E-state index contributed by atoms with van der Waals surface area (Å²) in [6.07, 6.45) is 2.65. The molecule has 2 aromatic rings. The Hall–Kier alpha value is -1.28. The lowest BCUT2D eigenvalue weighted by atomic mass is 10.2. The number of nitrogens with one attached hydrogen (secondary N) is 1. The molecule has 7 heteroatoms. The molecule has 0 spiro atoms. The first-order chi connectivity index (χ1) is 11.1. The number of H-pyrrole nitrogens is 1. The van der Waals surface area contributed by atoms with Gasteiger partial charge in [0.1, 0.15) is 10.7 Å². The quantitative estimate of drug-likeness (QED) is 0.796. The molecule has 0 saturated carbocycles. The molecule has 0 saturated heterocycles. The van der Waals surface area contributed by atoms with Crippen molar-refractivity contribution < 1.29 is 9.84 Å². The fourth-order valence-electron chi connectivity index (χ4n) is 3.18. The van der Waals surface area contributed by atoms with Crippen LogP contribution in [0.15, 0.2) is 4.79 Å². The number of thiophene rings is 1. The van der Waals surface area contributed by atoms with E-state index in [0.717, 1.165) is 36.0 Å². The van der Waals surface area contributed by atoms with Crippen LogP contribution in [-0.4, -0.2) is 52.9 Å². The van der Waals surface area contributed by atoms with Crippen molar-refractivity contribution in [2.45, 2.75) is 38.8 Å². The number of rotatable bonds is 7. The van der Waals surface area contributed by atoms with Gasteiger partial charge in [-0.25, -0.2) is 4.98 Å². The summed E-state index contributed by atoms with van der Waals surface area (Å²) in [7, 11) is 1.57. The highest BCUT2D eigenvalue weighted by Crippen LogP contribution is 2.34. The Labute approximate surface area is 139 Å². The maximum Gasteiger partial charge on any atom is 0.259 e. The standard InChI is InChI=1S/C16H23N3O3S/c1-3-19(7-10(20)9-22-2)8-13-17-15(21)14-11-5-4-6-12(11)23-16(14)18-13/h10,20H,3-9H2,1-2H3,(H,17,18,21). The zero-order chi connectivity index (χ0) is 16.4. The largest absolute Gasteiger partial charge is 0.389 e. The molecule has 1 unspecified atom stereocenters. The number of aryl methyl sites for hydroxylation is 2. The number of aliphatic hydroxyl groups is 1. The van der Waals surface area contributed by atoms with E-state index in [9.17, 15) is 9.90 Å². The fraction of sp³-hybridized carbons (Fsp3) is 0.625. The van der Waals surface area contributed by atoms with Crippen molar-refractivity contribution in [2.75, 3.05) is 26.8 Å². The van der Waals surface area contributed by atoms with Gasteiger partial charge in [-0.05, 0) is 31.4 Å². The highest BCUT2D eigenvalue weighted by Gasteiger charge is 2.21. The summed E-state index contributed by atoms with van der Waals surface area (Å²) in [6, 6.07) is 0. The summed E-state index contributed by atoms with van der Waals surface area (Å²) < 4.78 is 4.96. The van der Waals surface area contributed by atoms with Gasteiger partial charge < -0.3 is 14.8 Å². The molecule has 0 aromatic carbocycles. The van der Waals surface area contributed by atoms with E-state index in [1.165, 1.54) is 10.4 Å². The summed E-state index contributed by atoms with van der Waals surface area (Å²) in [6.45, 7) is 4.11. The highest BCUT2D eigenvalue weighted by molar-refractivity contribution is 7.18. The predicted molar refractivity (Wildman–Crippen MR) is 91.1 cm³/mol. The lowest BCUT2D eigenvalue weighted by molar-refractivity contribution is 0.0365. The van der Waals surface area contributed by atoms with E-state index in [1.54, 1.807) is 18.4 Å². The van der Waals surface area contributed by atoms with E-state index in [2.05, 4.69) is 14.9 Å². The Kier molecular flexibility index (Phi) is 5.11. The first-order valence-corrected chi connectivity index (χ1v) is 8.86. The van der Waals surface area contributed by atoms with Crippen molar-refractivity contribution in [3.8, 4) is 0 Å². The van der Waals surface area contributed by atoms with Crippen LogP contribution in [-0.2, 0) is 24.1 Å². The second kappa shape index (κ2) is 7.09. The lowest BCUT2D eigenvalue weighted by Crippen LogP contribution is -2.35. The van der Waals surface area contributed by atoms with Crippen LogP contribution < -0.4 is 5.56 Å². The molecule has 2 N–H and O–H groups in total. The minimum absolute atomic E-state index is 0.0297. The van der Waals surface area contributed by atoms with Gasteiger partial charge in [-0.2, -0.15) is 0 Å². The highest BCUT2D eigenvalue weighted by atomic mass is 32.1. The molecule has 23 heavy (non-hydrogen) atoms. The van der Waals surface area contributed by atoms with Crippen molar-refractivity contribution in [3.63, 3.8) is 0 Å². The third-order valence-electron chi connectivity index (χ3n) is 4.27. The van der Waals surface area contributed by atoms with E-state index in [0.29, 0.717) is 25.5 Å². The summed E-state index contributed by atoms with van der Waals surface area (Å²) in [4.78, 5) is 24.2. The van der Waals surface area contributed by atoms with Crippen LogP contribution in [0.1, 0.15) is 29.6 Å². The van der Waals surface area contributed by atoms with Crippen LogP contribution in [0.5, 0.6) is 0 Å². The molecule has 2 heterocycles. The molecule has 1 aliphatic rings. The van der Waals surface area contributed by atoms with Gasteiger partial charge in [0.2, 0.25) is 0 Å². The number of aliphatic hydroxyl groups excluding tert-OH is 1. The molecule has 0 radical (unpaired) electrons. The Morgan fingerprint density at radius 3 is 3.04 bits per heavy atom. The van der Waals surface area contributed by atoms with Crippen molar-refractivity contribution in [2.24, 2.45) is 0 Å². The van der Waals surface area contributed by atoms with Gasteiger partial charge in [0.25, 0.3) is 5.56 Å². The van der Waals surface area contributed by atoms with E-state index < -0.39 is 6.10 Å². The zero-order valence-corrected chi connectivity index (χ0v) is 14.4. The summed E-state index contributed by atoms with van der Waals surface area (Å²) in [5, 5.41) is 10.7. The normalized spacial score (nSPS) is 15.5. The van der Waals surface area contributed by atoms with Crippen molar-refractivity contribution in [1.82, 2.24) is 14.9 Å². The second-order valence-corrected chi connectivity index (χ2v) is 7.07. The van der Waals surface area contributed by atoms with Crippen molar-refractivity contribution in [3.05, 3.63) is 26.6 Å². The van der Waals surface area contributed by atoms with Gasteiger partial charge in [-0.3, -0.25) is 9.69 Å². The number of methoxy groups -OCH3 is 1. The first kappa shape index (κ1) is 16.6. The fourth-order valence-corrected chi connectivity index (χ4v) is 4.46. The average molecular weight is 337 g/mol. The minimum atomic E-state index is -0.541. The number of nitrogens with zero attached hydrogens (tertiary/aromatic N) is 2. The molecule has 2 aromatic heterocycles. The van der Waals surface area contributed by atoms with Crippen LogP contribution in [0.2, 0.25) is 0 Å². The second-order valence-electron chi connectivity index (χ2n) is 5.99. The van der Waals surface area contributed by atoms with Crippen LogP contribution in [0.4, 0.5) is 0 Å². The Morgan fingerprint density at radius 1 is 1.48 bits per heavy atom. The van der Waals surface area contributed by atoms with Crippen LogP contribution in [0.3, 0.4) is 0 Å². The number of aromatic nitrogens is 2. The minimum Gasteiger partial charge on any atom is -0.389 e. The molecule has 126 valence electrons. The zero-order valence-electron chi connectivity index (χ0n) is 13.6. The maximum absolute atomic E-state index is 12.4. The Morgan fingerprint density at radius 2 is 2.30 bits per heavy atom. The molecule has 0 aliphatic heterocycles. The maximum atomic E-state index is 12.4. The van der Waals surface area contributed by atoms with E-state index >= 15 is 0 Å². The number of aromatic amines is 1. The van der Waals surface area contributed by atoms with Gasteiger partial charge >= 0.3 is 0 Å². The molecule has 1 atom stereocenters. The summed E-state index contributed by atoms with van der Waals surface area (Å²) in [5.74, 6) is 0.661. The van der Waals surface area contributed by atoms with Crippen LogP contribution in [0.25, 0.3) is 10.2 Å². The van der Waals surface area contributed by atoms with Crippen LogP contribution in [0, 0.1) is 0 Å². The number of fused-ring (bicyclic) bond motifs is 3. The first-order valence-electron chi connectivity index (χ1n) is 8.05. The molecular weight excluding hydrogens is 314 g/mol. The lowest BCUT2D eigenvalue weighted by Gasteiger charge is -2.22. The topological polar surface area (TPSA) is 78.5 Å². The van der Waals surface area contributed by atoms with E-state index in [4.69, 9.17) is 4.74 Å². The molecule has 6 nitrogen and oxygen atoms in total. The Balaban J connectivity index is 1.81. The van der Waals surface area contributed by atoms with Crippen molar-refractivity contribution in [1.29, 1.82) is 0 Å². The van der Waals surface area contributed by atoms with Gasteiger partial charge in [0, 0.05) is 18.5 Å². The molecule has 3 rings (SSSR count). The monoisotopic (exact) mass is 337 g/mol. The molecule has 0 bridgehead atoms. The average Bonchev–Trinajstić information content (AvgIpc) is 3.06. The number of hydrogen-bond acceptors (Lipinski definition) is 6. The van der Waals surface area contributed by atoms with Gasteiger partial charge in [-0.15, -0.1) is 11.3 Å². The van der Waals surface area contributed by atoms with E-state index in [-0.39, 0.29) is 5.56 Å². The van der Waals surface area contributed by atoms with Gasteiger partial charge in [-0.1, -0.05) is 6.92 Å². The SMILES string of the molecule is CCN(Cc1nc2sc3c(c2c(=O)[nH]1)CCC3)CC(O)COC. The molecule has 1 aliphatic carbocycles. The van der Waals surface area contributed by atoms with Gasteiger partial charge in [0.05, 0.1) is 24.6 Å². The predicted octanol–water partition coefficient (Wildman–Crippen LogP) is 1.30. The Bertz CT molecular complexity index is 740. The van der Waals surface area contributed by atoms with Gasteiger partial charge in [0.15, 0.2) is 0 Å². The molecule has 0 amide bonds.